The Kier molecular flexibility index (Phi) is 9.21. The van der Waals surface area contributed by atoms with Crippen molar-refractivity contribution < 1.29 is 55.3 Å². The van der Waals surface area contributed by atoms with E-state index in [4.69, 9.17) is 0 Å². The third-order valence-corrected chi connectivity index (χ3v) is 5.89. The molecule has 3 amide bonds. The van der Waals surface area contributed by atoms with Crippen LogP contribution in [0, 0.1) is 13.8 Å². The van der Waals surface area contributed by atoms with E-state index in [1.54, 1.807) is 13.0 Å². The van der Waals surface area contributed by atoms with Crippen molar-refractivity contribution in [1.29, 1.82) is 0 Å². The van der Waals surface area contributed by atoms with E-state index in [1.807, 2.05) is 50.2 Å². The summed E-state index contributed by atoms with van der Waals surface area (Å²) in [6, 6.07) is 10.4. The van der Waals surface area contributed by atoms with Crippen LogP contribution in [0.5, 0.6) is 0 Å². The van der Waals surface area contributed by atoms with Gasteiger partial charge in [0.2, 0.25) is 0 Å². The number of hydrogen-bond acceptors (Lipinski definition) is 4. The molecule has 1 unspecified atom stereocenters. The van der Waals surface area contributed by atoms with Gasteiger partial charge >= 0.3 is 41.6 Å². The maximum absolute atomic E-state index is 12.7. The molecule has 2 atom stereocenters. The average Bonchev–Trinajstić information content (AvgIpc) is 2.75. The molecule has 0 bridgehead atoms. The maximum Gasteiger partial charge on any atom is 1.00 e. The molecule has 0 aliphatic carbocycles. The van der Waals surface area contributed by atoms with Crippen LogP contribution in [0.2, 0.25) is 0 Å². The van der Waals surface area contributed by atoms with Gasteiger partial charge in [-0.1, -0.05) is 42.5 Å². The van der Waals surface area contributed by atoms with Crippen molar-refractivity contribution >= 4 is 23.7 Å². The first-order valence-corrected chi connectivity index (χ1v) is 10.5. The van der Waals surface area contributed by atoms with Gasteiger partial charge in [-0.2, -0.15) is 0 Å². The number of urea groups is 1. The molecule has 3 N–H and O–H groups in total. The molecular weight excluding hydrogens is 445 g/mol. The zero-order valence-corrected chi connectivity index (χ0v) is 22.0. The SMILES string of the molecule is CC1=CC(=O)C(NC(=O)N[C@@H](CC(=O)O)c2cccc(-c3ccccc3C)c2C)C(=O)N1C.[H-].[Na+]. The van der Waals surface area contributed by atoms with E-state index in [2.05, 4.69) is 10.6 Å². The van der Waals surface area contributed by atoms with Crippen LogP contribution in [0.15, 0.2) is 54.2 Å². The van der Waals surface area contributed by atoms with E-state index in [0.29, 0.717) is 11.3 Å². The number of aliphatic carboxylic acids is 1. The van der Waals surface area contributed by atoms with E-state index in [1.165, 1.54) is 18.0 Å². The second-order valence-corrected chi connectivity index (χ2v) is 8.12. The second kappa shape index (κ2) is 11.5. The average molecular weight is 474 g/mol. The van der Waals surface area contributed by atoms with Gasteiger partial charge in [0.1, 0.15) is 0 Å². The second-order valence-electron chi connectivity index (χ2n) is 8.12. The summed E-state index contributed by atoms with van der Waals surface area (Å²) in [7, 11) is 1.51. The Balaban J connectivity index is 0.00000306. The zero-order chi connectivity index (χ0) is 24.3. The van der Waals surface area contributed by atoms with Gasteiger partial charge in [-0.25, -0.2) is 4.79 Å². The standard InChI is InChI=1S/C25H27N3O5.Na.H/c1-14-8-5-6-9-17(14)18-10-7-11-19(16(18)3)20(13-22(30)31)26-25(33)27-23-21(29)12-15(2)28(4)24(23)32;;/h5-12,20,23H,13H2,1-4H3,(H,30,31)(H2,26,27,33);;/q;+1;-1/t20-,23?;;/m0../s1. The number of carbonyl (C=O) groups excluding carboxylic acids is 3. The molecule has 0 radical (unpaired) electrons. The molecule has 0 aromatic heterocycles. The summed E-state index contributed by atoms with van der Waals surface area (Å²) in [6.45, 7) is 5.49. The van der Waals surface area contributed by atoms with Crippen molar-refractivity contribution in [1.82, 2.24) is 15.5 Å². The molecule has 3 rings (SSSR count). The number of aryl methyl sites for hydroxylation is 1. The molecule has 0 fully saturated rings. The van der Waals surface area contributed by atoms with Crippen molar-refractivity contribution in [3.63, 3.8) is 0 Å². The van der Waals surface area contributed by atoms with Crippen LogP contribution < -0.4 is 40.2 Å². The largest absolute Gasteiger partial charge is 1.00 e. The first kappa shape index (κ1) is 27.3. The number of carboxylic acid groups (broad SMARTS) is 1. The summed E-state index contributed by atoms with van der Waals surface area (Å²) in [6.07, 6.45) is 0.924. The first-order valence-electron chi connectivity index (χ1n) is 10.5. The Morgan fingerprint density at radius 1 is 1.06 bits per heavy atom. The number of rotatable bonds is 6. The number of likely N-dealkylation sites (N-methyl/N-ethyl adjacent to an activating group) is 1. The summed E-state index contributed by atoms with van der Waals surface area (Å²) >= 11 is 0. The molecule has 1 heterocycles. The molecule has 2 aromatic carbocycles. The minimum absolute atomic E-state index is 0. The van der Waals surface area contributed by atoms with Crippen LogP contribution in [0.3, 0.4) is 0 Å². The number of nitrogens with one attached hydrogen (secondary N) is 2. The van der Waals surface area contributed by atoms with Gasteiger partial charge < -0.3 is 22.1 Å². The number of hydrogen-bond donors (Lipinski definition) is 3. The van der Waals surface area contributed by atoms with E-state index < -0.39 is 35.8 Å². The smallest absolute Gasteiger partial charge is 1.00 e. The minimum atomic E-state index is -1.36. The van der Waals surface area contributed by atoms with Crippen LogP contribution >= 0.6 is 0 Å². The Morgan fingerprint density at radius 2 is 1.71 bits per heavy atom. The topological polar surface area (TPSA) is 116 Å². The molecule has 0 saturated heterocycles. The number of carbonyl (C=O) groups is 4. The van der Waals surface area contributed by atoms with Crippen LogP contribution in [-0.4, -0.2) is 46.8 Å². The molecule has 1 aliphatic rings. The maximum atomic E-state index is 12.7. The monoisotopic (exact) mass is 473 g/mol. The van der Waals surface area contributed by atoms with Crippen molar-refractivity contribution in [2.24, 2.45) is 0 Å². The summed E-state index contributed by atoms with van der Waals surface area (Å²) < 4.78 is 0. The fourth-order valence-corrected chi connectivity index (χ4v) is 3.95. The Hall–Kier alpha value is -2.94. The fraction of sp³-hybridized carbons (Fsp3) is 0.280. The molecule has 9 heteroatoms. The molecule has 34 heavy (non-hydrogen) atoms. The predicted octanol–water partition coefficient (Wildman–Crippen LogP) is 0.215. The fourth-order valence-electron chi connectivity index (χ4n) is 3.95. The van der Waals surface area contributed by atoms with Crippen molar-refractivity contribution in [3.8, 4) is 11.1 Å². The summed E-state index contributed by atoms with van der Waals surface area (Å²) in [4.78, 5) is 50.3. The number of allylic oxidation sites excluding steroid dienone is 1. The number of nitrogens with zero attached hydrogens (tertiary/aromatic N) is 1. The number of benzene rings is 2. The van der Waals surface area contributed by atoms with Gasteiger partial charge in [-0.3, -0.25) is 14.4 Å². The van der Waals surface area contributed by atoms with Crippen molar-refractivity contribution in [2.75, 3.05) is 7.05 Å². The quantitative estimate of drug-likeness (QED) is 0.410. The van der Waals surface area contributed by atoms with Gasteiger partial charge in [0.05, 0.1) is 12.5 Å². The minimum Gasteiger partial charge on any atom is -1.00 e. The van der Waals surface area contributed by atoms with Crippen molar-refractivity contribution in [2.45, 2.75) is 39.3 Å². The Labute approximate surface area is 222 Å². The van der Waals surface area contributed by atoms with Gasteiger partial charge in [0, 0.05) is 18.8 Å². The molecule has 2 aromatic rings. The van der Waals surface area contributed by atoms with Gasteiger partial charge in [0.15, 0.2) is 11.8 Å². The molecule has 174 valence electrons. The van der Waals surface area contributed by atoms with E-state index in [-0.39, 0.29) is 37.4 Å². The van der Waals surface area contributed by atoms with E-state index >= 15 is 0 Å². The van der Waals surface area contributed by atoms with Gasteiger partial charge in [0.25, 0.3) is 5.91 Å². The molecule has 8 nitrogen and oxygen atoms in total. The summed E-state index contributed by atoms with van der Waals surface area (Å²) in [5, 5.41) is 14.5. The number of carboxylic acids is 1. The summed E-state index contributed by atoms with van der Waals surface area (Å²) in [5.74, 6) is -2.18. The van der Waals surface area contributed by atoms with Crippen LogP contribution in [0.1, 0.15) is 37.5 Å². The van der Waals surface area contributed by atoms with Gasteiger partial charge in [-0.15, -0.1) is 0 Å². The predicted molar refractivity (Wildman–Crippen MR) is 124 cm³/mol. The van der Waals surface area contributed by atoms with Crippen LogP contribution in [0.4, 0.5) is 4.79 Å². The van der Waals surface area contributed by atoms with Gasteiger partial charge in [-0.05, 0) is 48.6 Å². The van der Waals surface area contributed by atoms with E-state index in [9.17, 15) is 24.3 Å². The molecule has 1 aliphatic heterocycles. The third-order valence-electron chi connectivity index (χ3n) is 5.89. The van der Waals surface area contributed by atoms with Crippen LogP contribution in [-0.2, 0) is 14.4 Å². The molecule has 0 spiro atoms. The number of ketones is 1. The normalized spacial score (nSPS) is 16.3. The summed E-state index contributed by atoms with van der Waals surface area (Å²) in [5.41, 5.74) is 4.97. The molecule has 0 saturated carbocycles. The van der Waals surface area contributed by atoms with Crippen LogP contribution in [0.25, 0.3) is 11.1 Å². The molecular formula is C25H28N3NaO5. The Bertz CT molecular complexity index is 1170. The van der Waals surface area contributed by atoms with E-state index in [0.717, 1.165) is 22.3 Å². The van der Waals surface area contributed by atoms with Crippen molar-refractivity contribution in [3.05, 3.63) is 70.9 Å². The Morgan fingerprint density at radius 3 is 2.35 bits per heavy atom. The first-order chi connectivity index (χ1) is 15.6. The third kappa shape index (κ3) is 5.94. The zero-order valence-electron chi connectivity index (χ0n) is 21.0. The number of amides is 3.